The van der Waals surface area contributed by atoms with Gasteiger partial charge in [0.15, 0.2) is 0 Å². The van der Waals surface area contributed by atoms with Crippen molar-refractivity contribution in [3.63, 3.8) is 0 Å². The summed E-state index contributed by atoms with van der Waals surface area (Å²) in [6.45, 7) is 0.564. The monoisotopic (exact) mass is 512 g/mol. The molecule has 0 saturated carbocycles. The van der Waals surface area contributed by atoms with E-state index in [4.69, 9.17) is 16.2 Å². The van der Waals surface area contributed by atoms with E-state index in [1.807, 2.05) is 72.8 Å². The molecule has 0 aliphatic heterocycles. The van der Waals surface area contributed by atoms with Crippen molar-refractivity contribution in [3.8, 4) is 5.75 Å². The molecule has 8 nitrogen and oxygen atoms in total. The first-order chi connectivity index (χ1) is 18.4. The Morgan fingerprint density at radius 1 is 0.816 bits per heavy atom. The van der Waals surface area contributed by atoms with E-state index in [0.29, 0.717) is 43.7 Å². The minimum Gasteiger partial charge on any atom is -0.493 e. The molecule has 0 spiro atoms. The normalized spacial score (nSPS) is 11.7. The second-order valence-corrected chi connectivity index (χ2v) is 9.14. The molecule has 0 heterocycles. The average molecular weight is 513 g/mol. The van der Waals surface area contributed by atoms with E-state index in [1.165, 1.54) is 0 Å². The molecule has 6 N–H and O–H groups in total. The molecule has 4 rings (SSSR count). The van der Waals surface area contributed by atoms with Gasteiger partial charge in [0.25, 0.3) is 5.91 Å². The maximum Gasteiger partial charge on any atom is 0.255 e. The highest BCUT2D eigenvalue weighted by Crippen LogP contribution is 2.26. The minimum absolute atomic E-state index is 0.193. The van der Waals surface area contributed by atoms with Crippen LogP contribution in [0.2, 0.25) is 0 Å². The first kappa shape index (κ1) is 26.6. The van der Waals surface area contributed by atoms with Crippen LogP contribution >= 0.6 is 0 Å². The zero-order valence-corrected chi connectivity index (χ0v) is 21.1. The maximum absolute atomic E-state index is 12.6. The van der Waals surface area contributed by atoms with Crippen molar-refractivity contribution in [2.24, 2.45) is 11.5 Å². The molecule has 1 atom stereocenters. The molecule has 8 heteroatoms. The third-order valence-electron chi connectivity index (χ3n) is 6.30. The summed E-state index contributed by atoms with van der Waals surface area (Å²) in [6.07, 6.45) is 1.80. The lowest BCUT2D eigenvalue weighted by molar-refractivity contribution is -0.122. The van der Waals surface area contributed by atoms with Crippen LogP contribution in [-0.2, 0) is 16.0 Å². The van der Waals surface area contributed by atoms with Gasteiger partial charge in [-0.25, -0.2) is 0 Å². The molecule has 0 aliphatic rings. The number of carbonyl (C=O) groups excluding carboxylic acids is 3. The number of hydrogen-bond acceptors (Lipinski definition) is 5. The Bertz CT molecular complexity index is 1450. The lowest BCUT2D eigenvalue weighted by Crippen LogP contribution is -2.42. The number of nitrogens with one attached hydrogen (secondary N) is 2. The van der Waals surface area contributed by atoms with Gasteiger partial charge in [-0.15, -0.1) is 0 Å². The van der Waals surface area contributed by atoms with Gasteiger partial charge in [-0.3, -0.25) is 14.4 Å². The number of carbonyl (C=O) groups is 3. The van der Waals surface area contributed by atoms with Crippen molar-refractivity contribution in [2.45, 2.75) is 25.3 Å². The van der Waals surface area contributed by atoms with E-state index in [1.54, 1.807) is 6.07 Å². The smallest absolute Gasteiger partial charge is 0.255 e. The third kappa shape index (κ3) is 6.86. The zero-order valence-electron chi connectivity index (χ0n) is 21.1. The van der Waals surface area contributed by atoms with Gasteiger partial charge < -0.3 is 26.8 Å². The summed E-state index contributed by atoms with van der Waals surface area (Å²) >= 11 is 0. The number of unbranched alkanes of at least 4 members (excludes halogenated alkanes) is 1. The molecular formula is C30H32N4O4. The second-order valence-electron chi connectivity index (χ2n) is 9.14. The molecule has 0 bridgehead atoms. The summed E-state index contributed by atoms with van der Waals surface area (Å²) in [5.74, 6) is -0.828. The summed E-state index contributed by atoms with van der Waals surface area (Å²) in [4.78, 5) is 36.3. The van der Waals surface area contributed by atoms with Gasteiger partial charge >= 0.3 is 0 Å². The fourth-order valence-electron chi connectivity index (χ4n) is 4.33. The lowest BCUT2D eigenvalue weighted by Gasteiger charge is -2.15. The number of hydrogen-bond donors (Lipinski definition) is 4. The van der Waals surface area contributed by atoms with Crippen LogP contribution in [0, 0.1) is 0 Å². The molecular weight excluding hydrogens is 480 g/mol. The van der Waals surface area contributed by atoms with Crippen LogP contribution in [0.25, 0.3) is 21.5 Å². The molecule has 0 fully saturated rings. The number of benzene rings is 4. The summed E-state index contributed by atoms with van der Waals surface area (Å²) in [5.41, 5.74) is 12.7. The van der Waals surface area contributed by atoms with E-state index in [9.17, 15) is 14.4 Å². The molecule has 0 radical (unpaired) electrons. The Kier molecular flexibility index (Phi) is 8.89. The Balaban J connectivity index is 1.26. The highest BCUT2D eigenvalue weighted by atomic mass is 16.5. The molecule has 38 heavy (non-hydrogen) atoms. The van der Waals surface area contributed by atoms with Crippen LogP contribution in [0.3, 0.4) is 0 Å². The van der Waals surface area contributed by atoms with Crippen LogP contribution < -0.4 is 26.8 Å². The van der Waals surface area contributed by atoms with Crippen molar-refractivity contribution in [2.75, 3.05) is 19.7 Å². The van der Waals surface area contributed by atoms with Crippen molar-refractivity contribution in [1.29, 1.82) is 0 Å². The first-order valence-corrected chi connectivity index (χ1v) is 12.6. The van der Waals surface area contributed by atoms with Crippen LogP contribution in [0.15, 0.2) is 78.9 Å². The Hall–Kier alpha value is -4.43. The third-order valence-corrected chi connectivity index (χ3v) is 6.30. The Morgan fingerprint density at radius 2 is 1.50 bits per heavy atom. The van der Waals surface area contributed by atoms with Crippen LogP contribution in [0.5, 0.6) is 5.75 Å². The molecule has 0 aliphatic carbocycles. The van der Waals surface area contributed by atoms with Gasteiger partial charge in [0.1, 0.15) is 5.75 Å². The van der Waals surface area contributed by atoms with E-state index in [0.717, 1.165) is 27.1 Å². The molecule has 0 aromatic heterocycles. The zero-order chi connectivity index (χ0) is 26.9. The van der Waals surface area contributed by atoms with E-state index in [2.05, 4.69) is 10.6 Å². The summed E-state index contributed by atoms with van der Waals surface area (Å²) in [7, 11) is 0. The quantitative estimate of drug-likeness (QED) is 0.216. The number of nitrogens with two attached hydrogens (primary N) is 2. The van der Waals surface area contributed by atoms with Crippen molar-refractivity contribution >= 4 is 39.3 Å². The largest absolute Gasteiger partial charge is 0.493 e. The predicted molar refractivity (Wildman–Crippen MR) is 149 cm³/mol. The average Bonchev–Trinajstić information content (AvgIpc) is 2.93. The van der Waals surface area contributed by atoms with Crippen molar-refractivity contribution < 1.29 is 19.1 Å². The van der Waals surface area contributed by atoms with Crippen LogP contribution in [-0.4, -0.2) is 43.5 Å². The fraction of sp³-hybridized carbons (Fsp3) is 0.233. The number of rotatable bonds is 12. The van der Waals surface area contributed by atoms with Gasteiger partial charge in [-0.1, -0.05) is 66.7 Å². The molecule has 4 aromatic rings. The van der Waals surface area contributed by atoms with Crippen molar-refractivity contribution in [1.82, 2.24) is 10.6 Å². The van der Waals surface area contributed by atoms with Gasteiger partial charge in [0.05, 0.1) is 24.8 Å². The van der Waals surface area contributed by atoms with E-state index in [-0.39, 0.29) is 12.5 Å². The molecule has 3 amide bonds. The van der Waals surface area contributed by atoms with E-state index >= 15 is 0 Å². The molecule has 1 unspecified atom stereocenters. The van der Waals surface area contributed by atoms with Gasteiger partial charge in [-0.05, 0) is 58.5 Å². The van der Waals surface area contributed by atoms with Gasteiger partial charge in [-0.2, -0.15) is 0 Å². The first-order valence-electron chi connectivity index (χ1n) is 12.6. The number of ether oxygens (including phenoxy) is 1. The van der Waals surface area contributed by atoms with Gasteiger partial charge in [0.2, 0.25) is 11.8 Å². The molecule has 0 saturated heterocycles. The summed E-state index contributed by atoms with van der Waals surface area (Å²) < 4.78 is 5.93. The summed E-state index contributed by atoms with van der Waals surface area (Å²) in [5, 5.41) is 9.45. The maximum atomic E-state index is 12.6. The van der Waals surface area contributed by atoms with Crippen molar-refractivity contribution in [3.05, 3.63) is 90.0 Å². The Morgan fingerprint density at radius 3 is 2.26 bits per heavy atom. The van der Waals surface area contributed by atoms with E-state index < -0.39 is 17.9 Å². The fourth-order valence-corrected chi connectivity index (χ4v) is 4.33. The van der Waals surface area contributed by atoms with Gasteiger partial charge in [0, 0.05) is 6.54 Å². The predicted octanol–water partition coefficient (Wildman–Crippen LogP) is 3.05. The number of amides is 3. The minimum atomic E-state index is -0.642. The van der Waals surface area contributed by atoms with Crippen LogP contribution in [0.4, 0.5) is 0 Å². The molecule has 196 valence electrons. The number of fused-ring (bicyclic) bond motifs is 2. The lowest BCUT2D eigenvalue weighted by atomic mass is 9.99. The number of primary amides is 1. The summed E-state index contributed by atoms with van der Waals surface area (Å²) in [6, 6.07) is 24.6. The topological polar surface area (TPSA) is 137 Å². The highest BCUT2D eigenvalue weighted by molar-refractivity contribution is 6.02. The van der Waals surface area contributed by atoms with Crippen LogP contribution in [0.1, 0.15) is 28.8 Å². The SMILES string of the molecule is NC(=O)CNC(=O)c1cc2ccccc2cc1OCCCCNC(=O)C(N)Cc1cccc2ccccc12. The standard InChI is InChI=1S/C30H32N4O4/c31-26(17-23-12-7-11-20-8-3-4-13-24(20)23)30(37)33-14-5-6-15-38-27-18-22-10-2-1-9-21(22)16-25(27)29(36)34-19-28(32)35/h1-4,7-13,16,18,26H,5-6,14-15,17,19,31H2,(H2,32,35)(H,33,37)(H,34,36). The Labute approximate surface area is 221 Å². The second kappa shape index (κ2) is 12.7. The highest BCUT2D eigenvalue weighted by Gasteiger charge is 2.16. The molecule has 4 aromatic carbocycles.